The number of allylic oxidation sites excluding steroid dienone is 12. The molecule has 0 saturated carbocycles. The third-order valence-electron chi connectivity index (χ3n) is 11.4. The topological polar surface area (TPSA) is 29.3 Å². The normalized spacial score (nSPS) is 31.7. The molecule has 2 nitrogen and oxygen atoms in total. The van der Waals surface area contributed by atoms with Crippen LogP contribution in [-0.2, 0) is 0 Å². The number of nitrogens with zero attached hydrogens (tertiary/aromatic N) is 1. The first-order valence-electron chi connectivity index (χ1n) is 16.5. The Kier molecular flexibility index (Phi) is 7.17. The van der Waals surface area contributed by atoms with E-state index in [4.69, 9.17) is 5.73 Å². The van der Waals surface area contributed by atoms with Crippen LogP contribution in [0.4, 0.5) is 0 Å². The molecule has 218 valence electrons. The lowest BCUT2D eigenvalue weighted by molar-refractivity contribution is 0.268. The number of hydrogen-bond donors (Lipinski definition) is 1. The summed E-state index contributed by atoms with van der Waals surface area (Å²) in [5, 5.41) is 0. The van der Waals surface area contributed by atoms with Gasteiger partial charge in [0.2, 0.25) is 0 Å². The molecule has 5 atom stereocenters. The van der Waals surface area contributed by atoms with Crippen LogP contribution in [0.5, 0.6) is 0 Å². The molecule has 7 rings (SSSR count). The summed E-state index contributed by atoms with van der Waals surface area (Å²) in [6.45, 7) is 10.4. The van der Waals surface area contributed by atoms with Crippen molar-refractivity contribution in [1.29, 1.82) is 0 Å². The van der Waals surface area contributed by atoms with E-state index in [1.807, 2.05) is 0 Å². The van der Waals surface area contributed by atoms with Crippen molar-refractivity contribution in [3.05, 3.63) is 118 Å². The SMILES string of the molecule is CC1CC=CC=C1c1ccc(C(/C=C/N2C3=C(C=C4C5=C(CC[C@@H](C)C5)C(C)(C)C4C3)C3C=CCCC32)=C/CN)cc1. The lowest BCUT2D eigenvalue weighted by Crippen LogP contribution is -2.32. The summed E-state index contributed by atoms with van der Waals surface area (Å²) in [5.74, 6) is 2.47. The first kappa shape index (κ1) is 27.7. The summed E-state index contributed by atoms with van der Waals surface area (Å²) in [6.07, 6.45) is 29.8. The standard InChI is InChI=1S/C40H48N2/c1-26-13-18-36-33(23-26)34-24-35-32-11-7-8-12-38(32)42(39(35)25-37(34)40(36,3)4)22-20-29(19-21-41)28-14-16-30(17-15-28)31-10-6-5-9-27(31)2/h5-7,10-11,14-17,19-20,22,24,26-27,32,37-38H,8-9,12-13,18,21,23,25,41H2,1-4H3/b22-20+,29-19+/t26-,27?,32?,37?,38?/m1/s1. The molecule has 5 aliphatic carbocycles. The van der Waals surface area contributed by atoms with Crippen molar-refractivity contribution in [2.24, 2.45) is 34.8 Å². The highest BCUT2D eigenvalue weighted by atomic mass is 15.2. The highest BCUT2D eigenvalue weighted by Gasteiger charge is 2.50. The fraction of sp³-hybridized carbons (Fsp3) is 0.450. The molecule has 1 aromatic carbocycles. The minimum atomic E-state index is 0.256. The van der Waals surface area contributed by atoms with Gasteiger partial charge in [0.15, 0.2) is 0 Å². The van der Waals surface area contributed by atoms with Crippen LogP contribution in [0.2, 0.25) is 0 Å². The predicted molar refractivity (Wildman–Crippen MR) is 178 cm³/mol. The van der Waals surface area contributed by atoms with Crippen LogP contribution < -0.4 is 5.73 Å². The molecule has 0 bridgehead atoms. The molecule has 0 radical (unpaired) electrons. The quantitative estimate of drug-likeness (QED) is 0.289. The van der Waals surface area contributed by atoms with E-state index in [1.165, 1.54) is 54.4 Å². The zero-order valence-corrected chi connectivity index (χ0v) is 26.1. The van der Waals surface area contributed by atoms with Gasteiger partial charge in [-0.2, -0.15) is 0 Å². The van der Waals surface area contributed by atoms with Crippen molar-refractivity contribution >= 4 is 11.1 Å². The highest BCUT2D eigenvalue weighted by Crippen LogP contribution is 2.61. The Labute approximate surface area is 253 Å². The van der Waals surface area contributed by atoms with Gasteiger partial charge in [-0.1, -0.05) is 100 Å². The molecule has 1 aliphatic heterocycles. The molecule has 0 aromatic heterocycles. The zero-order valence-electron chi connectivity index (χ0n) is 26.1. The zero-order chi connectivity index (χ0) is 29.0. The number of benzene rings is 1. The Morgan fingerprint density at radius 3 is 2.67 bits per heavy atom. The maximum absolute atomic E-state index is 6.11. The molecule has 2 heteroatoms. The van der Waals surface area contributed by atoms with E-state index in [9.17, 15) is 0 Å². The average Bonchev–Trinajstić information content (AvgIpc) is 3.42. The van der Waals surface area contributed by atoms with E-state index in [-0.39, 0.29) is 5.41 Å². The average molecular weight is 557 g/mol. The third-order valence-corrected chi connectivity index (χ3v) is 11.4. The van der Waals surface area contributed by atoms with E-state index in [1.54, 1.807) is 28.0 Å². The molecular formula is C40H48N2. The Hall–Kier alpha value is -3.10. The Balaban J connectivity index is 1.21. The van der Waals surface area contributed by atoms with Gasteiger partial charge in [-0.15, -0.1) is 0 Å². The van der Waals surface area contributed by atoms with Gasteiger partial charge in [-0.05, 0) is 113 Å². The van der Waals surface area contributed by atoms with Crippen molar-refractivity contribution in [1.82, 2.24) is 4.90 Å². The summed E-state index contributed by atoms with van der Waals surface area (Å²) in [6, 6.07) is 9.66. The van der Waals surface area contributed by atoms with E-state index in [2.05, 4.69) is 112 Å². The van der Waals surface area contributed by atoms with E-state index in [0.29, 0.717) is 30.3 Å². The number of fused-ring (bicyclic) bond motifs is 4. The Bertz CT molecular complexity index is 1500. The van der Waals surface area contributed by atoms with Crippen molar-refractivity contribution in [3.8, 4) is 0 Å². The lowest BCUT2D eigenvalue weighted by Gasteiger charge is -2.36. The van der Waals surface area contributed by atoms with Gasteiger partial charge < -0.3 is 10.6 Å². The monoisotopic (exact) mass is 556 g/mol. The van der Waals surface area contributed by atoms with Gasteiger partial charge in [0.1, 0.15) is 0 Å². The minimum Gasteiger partial charge on any atom is -0.347 e. The van der Waals surface area contributed by atoms with Gasteiger partial charge in [-0.3, -0.25) is 0 Å². The molecular weight excluding hydrogens is 508 g/mol. The van der Waals surface area contributed by atoms with Gasteiger partial charge in [-0.25, -0.2) is 0 Å². The van der Waals surface area contributed by atoms with E-state index < -0.39 is 0 Å². The Morgan fingerprint density at radius 1 is 1.05 bits per heavy atom. The first-order chi connectivity index (χ1) is 20.4. The van der Waals surface area contributed by atoms with Crippen molar-refractivity contribution in [2.75, 3.05) is 6.54 Å². The van der Waals surface area contributed by atoms with Crippen LogP contribution in [0.1, 0.15) is 83.8 Å². The van der Waals surface area contributed by atoms with Gasteiger partial charge in [0.05, 0.1) is 0 Å². The lowest BCUT2D eigenvalue weighted by atomic mass is 9.70. The molecule has 1 heterocycles. The van der Waals surface area contributed by atoms with Gasteiger partial charge in [0.25, 0.3) is 0 Å². The van der Waals surface area contributed by atoms with E-state index in [0.717, 1.165) is 18.8 Å². The molecule has 0 amide bonds. The smallest absolute Gasteiger partial charge is 0.0440 e. The summed E-state index contributed by atoms with van der Waals surface area (Å²) in [4.78, 5) is 2.67. The fourth-order valence-corrected chi connectivity index (χ4v) is 8.98. The molecule has 6 aliphatic rings. The van der Waals surface area contributed by atoms with Crippen molar-refractivity contribution in [3.63, 3.8) is 0 Å². The van der Waals surface area contributed by atoms with Crippen LogP contribution in [0.15, 0.2) is 107 Å². The summed E-state index contributed by atoms with van der Waals surface area (Å²) in [5.41, 5.74) is 19.9. The highest BCUT2D eigenvalue weighted by molar-refractivity contribution is 5.77. The molecule has 0 fully saturated rings. The fourth-order valence-electron chi connectivity index (χ4n) is 8.98. The summed E-state index contributed by atoms with van der Waals surface area (Å²) >= 11 is 0. The maximum atomic E-state index is 6.11. The van der Waals surface area contributed by atoms with Crippen LogP contribution >= 0.6 is 0 Å². The van der Waals surface area contributed by atoms with Crippen LogP contribution in [-0.4, -0.2) is 17.5 Å². The second-order valence-electron chi connectivity index (χ2n) is 14.3. The number of nitrogens with two attached hydrogens (primary N) is 1. The molecule has 2 N–H and O–H groups in total. The molecule has 42 heavy (non-hydrogen) atoms. The van der Waals surface area contributed by atoms with Crippen LogP contribution in [0.3, 0.4) is 0 Å². The molecule has 4 unspecified atom stereocenters. The van der Waals surface area contributed by atoms with Crippen molar-refractivity contribution in [2.45, 2.75) is 78.7 Å². The third kappa shape index (κ3) is 4.58. The first-order valence-corrected chi connectivity index (χ1v) is 16.5. The van der Waals surface area contributed by atoms with Crippen LogP contribution in [0.25, 0.3) is 11.1 Å². The number of rotatable bonds is 5. The maximum Gasteiger partial charge on any atom is 0.0440 e. The van der Waals surface area contributed by atoms with Gasteiger partial charge in [0, 0.05) is 30.4 Å². The van der Waals surface area contributed by atoms with E-state index >= 15 is 0 Å². The minimum absolute atomic E-state index is 0.256. The second-order valence-corrected chi connectivity index (χ2v) is 14.3. The summed E-state index contributed by atoms with van der Waals surface area (Å²) in [7, 11) is 0. The van der Waals surface area contributed by atoms with Crippen molar-refractivity contribution < 1.29 is 0 Å². The van der Waals surface area contributed by atoms with Gasteiger partial charge >= 0.3 is 0 Å². The second kappa shape index (κ2) is 10.9. The molecule has 1 aromatic rings. The Morgan fingerprint density at radius 2 is 1.88 bits per heavy atom. The van der Waals surface area contributed by atoms with Crippen LogP contribution in [0, 0.1) is 29.1 Å². The number of hydrogen-bond acceptors (Lipinski definition) is 2. The molecule has 0 saturated heterocycles. The largest absolute Gasteiger partial charge is 0.347 e. The molecule has 0 spiro atoms. The predicted octanol–water partition coefficient (Wildman–Crippen LogP) is 9.53. The summed E-state index contributed by atoms with van der Waals surface area (Å²) < 4.78 is 0.